The Kier molecular flexibility index (Phi) is 18.0. The van der Waals surface area contributed by atoms with E-state index in [1.54, 1.807) is 21.1 Å². The van der Waals surface area contributed by atoms with Gasteiger partial charge in [-0.15, -0.1) is 12.4 Å². The second-order valence-electron chi connectivity index (χ2n) is 9.77. The monoisotopic (exact) mass is 545 g/mol. The smallest absolute Gasteiger partial charge is 0.222 e. The van der Waals surface area contributed by atoms with Crippen LogP contribution in [0.4, 0.5) is 0 Å². The number of methoxy groups -OCH3 is 2. The topological polar surface area (TPSA) is 132 Å². The first-order valence-electron chi connectivity index (χ1n) is 12.8. The van der Waals surface area contributed by atoms with Gasteiger partial charge in [0.15, 0.2) is 11.5 Å². The van der Waals surface area contributed by atoms with E-state index in [0.29, 0.717) is 50.1 Å². The molecule has 0 aliphatic carbocycles. The molecule has 37 heavy (non-hydrogen) atoms. The minimum absolute atomic E-state index is 0. The van der Waals surface area contributed by atoms with Crippen LogP contribution in [0.15, 0.2) is 18.2 Å². The molecule has 0 heterocycles. The van der Waals surface area contributed by atoms with Gasteiger partial charge >= 0.3 is 0 Å². The summed E-state index contributed by atoms with van der Waals surface area (Å²) in [7, 11) is 3.29. The lowest BCUT2D eigenvalue weighted by Gasteiger charge is -2.28. The van der Waals surface area contributed by atoms with E-state index in [4.69, 9.17) is 19.9 Å². The summed E-state index contributed by atoms with van der Waals surface area (Å²) >= 11 is 0. The molecule has 0 radical (unpaired) electrons. The van der Waals surface area contributed by atoms with Gasteiger partial charge in [0, 0.05) is 52.1 Å². The van der Waals surface area contributed by atoms with Crippen molar-refractivity contribution in [2.24, 2.45) is 23.5 Å². The van der Waals surface area contributed by atoms with E-state index in [1.807, 2.05) is 18.2 Å². The van der Waals surface area contributed by atoms with Gasteiger partial charge in [0.1, 0.15) is 0 Å². The van der Waals surface area contributed by atoms with Gasteiger partial charge in [-0.3, -0.25) is 9.59 Å². The number of nitrogens with one attached hydrogen (secondary N) is 2. The van der Waals surface area contributed by atoms with Gasteiger partial charge in [0.05, 0.1) is 19.8 Å². The van der Waals surface area contributed by atoms with E-state index in [2.05, 4.69) is 24.5 Å². The van der Waals surface area contributed by atoms with Crippen LogP contribution in [0.3, 0.4) is 0 Å². The Morgan fingerprint density at radius 1 is 1.03 bits per heavy atom. The number of carbonyl (C=O) groups is 2. The molecule has 0 aromatic heterocycles. The number of carbonyl (C=O) groups excluding carboxylic acids is 2. The van der Waals surface area contributed by atoms with Crippen molar-refractivity contribution in [2.45, 2.75) is 65.5 Å². The first-order valence-corrected chi connectivity index (χ1v) is 12.8. The number of rotatable bonds is 18. The number of aliphatic hydroxyl groups is 1. The molecule has 0 aliphatic heterocycles. The number of aliphatic hydroxyl groups excluding tert-OH is 1. The molecule has 0 bridgehead atoms. The molecule has 214 valence electrons. The summed E-state index contributed by atoms with van der Waals surface area (Å²) in [4.78, 5) is 23.2. The predicted molar refractivity (Wildman–Crippen MR) is 148 cm³/mol. The lowest BCUT2D eigenvalue weighted by atomic mass is 9.82. The fraction of sp³-hybridized carbons (Fsp3) is 0.704. The van der Waals surface area contributed by atoms with Crippen LogP contribution >= 0.6 is 12.4 Å². The van der Waals surface area contributed by atoms with Gasteiger partial charge in [-0.1, -0.05) is 26.8 Å². The number of nitrogens with two attached hydrogens (primary N) is 1. The molecule has 0 saturated heterocycles. The molecule has 2 amide bonds. The number of halogens is 1. The van der Waals surface area contributed by atoms with Crippen LogP contribution in [-0.4, -0.2) is 69.6 Å². The third kappa shape index (κ3) is 13.9. The minimum Gasteiger partial charge on any atom is -0.493 e. The lowest BCUT2D eigenvalue weighted by molar-refractivity contribution is -0.126. The zero-order chi connectivity index (χ0) is 27.1. The van der Waals surface area contributed by atoms with Crippen LogP contribution in [0, 0.1) is 17.8 Å². The number of amides is 2. The van der Waals surface area contributed by atoms with E-state index < -0.39 is 12.1 Å². The largest absolute Gasteiger partial charge is 0.493 e. The SMILES string of the molecule is COCCCOc1cc(C[C@@H](C[C@H](N)[C@@H](O)C[C@@H](C)C(=O)NCCNC(C)=O)C(C)C)ccc1OC.Cl. The summed E-state index contributed by atoms with van der Waals surface area (Å²) in [6, 6.07) is 5.51. The highest BCUT2D eigenvalue weighted by Gasteiger charge is 2.26. The molecule has 0 saturated carbocycles. The maximum atomic E-state index is 12.3. The van der Waals surface area contributed by atoms with Crippen molar-refractivity contribution in [2.75, 3.05) is 40.5 Å². The Bertz CT molecular complexity index is 795. The van der Waals surface area contributed by atoms with Crippen molar-refractivity contribution in [3.63, 3.8) is 0 Å². The van der Waals surface area contributed by atoms with Gasteiger partial charge in [-0.2, -0.15) is 0 Å². The van der Waals surface area contributed by atoms with Crippen LogP contribution in [0.1, 0.15) is 52.5 Å². The molecule has 0 aliphatic rings. The number of ether oxygens (including phenoxy) is 3. The van der Waals surface area contributed by atoms with E-state index >= 15 is 0 Å². The van der Waals surface area contributed by atoms with Gasteiger partial charge in [0.2, 0.25) is 11.8 Å². The Morgan fingerprint density at radius 3 is 2.30 bits per heavy atom. The van der Waals surface area contributed by atoms with Crippen molar-refractivity contribution in [1.82, 2.24) is 10.6 Å². The molecule has 1 rings (SSSR count). The summed E-state index contributed by atoms with van der Waals surface area (Å²) in [5, 5.41) is 16.1. The highest BCUT2D eigenvalue weighted by molar-refractivity contribution is 5.85. The summed E-state index contributed by atoms with van der Waals surface area (Å²) < 4.78 is 16.4. The second-order valence-corrected chi connectivity index (χ2v) is 9.77. The average molecular weight is 546 g/mol. The molecule has 4 atom stereocenters. The first-order chi connectivity index (χ1) is 17.1. The van der Waals surface area contributed by atoms with Crippen LogP contribution in [0.25, 0.3) is 0 Å². The molecule has 5 N–H and O–H groups in total. The van der Waals surface area contributed by atoms with Crippen molar-refractivity contribution in [3.8, 4) is 11.5 Å². The maximum absolute atomic E-state index is 12.3. The fourth-order valence-corrected chi connectivity index (χ4v) is 3.99. The standard InChI is InChI=1S/C27H47N3O6.ClH/c1-18(2)22(15-21-8-9-25(35-6)26(16-21)36-13-7-12-34-5)17-23(28)24(32)14-19(3)27(33)30-11-10-29-20(4)31;/h8-9,16,18-19,22-24,32H,7,10-15,17,28H2,1-6H3,(H,29,31)(H,30,33);1H/t19-,22+,23+,24+;/m1./s1. The van der Waals surface area contributed by atoms with Crippen LogP contribution in [-0.2, 0) is 20.7 Å². The van der Waals surface area contributed by atoms with E-state index in [1.165, 1.54) is 6.92 Å². The summed E-state index contributed by atoms with van der Waals surface area (Å²) in [5.74, 6) is 1.30. The zero-order valence-corrected chi connectivity index (χ0v) is 24.1. The van der Waals surface area contributed by atoms with Crippen LogP contribution in [0.5, 0.6) is 11.5 Å². The van der Waals surface area contributed by atoms with Crippen LogP contribution in [0.2, 0.25) is 0 Å². The molecule has 0 spiro atoms. The van der Waals surface area contributed by atoms with Crippen molar-refractivity contribution in [1.29, 1.82) is 0 Å². The third-order valence-electron chi connectivity index (χ3n) is 6.33. The van der Waals surface area contributed by atoms with Crippen molar-refractivity contribution in [3.05, 3.63) is 23.8 Å². The normalized spacial score (nSPS) is 14.2. The molecule has 0 fully saturated rings. The molecule has 1 aromatic carbocycles. The molecular weight excluding hydrogens is 498 g/mol. The van der Waals surface area contributed by atoms with Gasteiger partial charge in [-0.05, 0) is 48.8 Å². The second kappa shape index (κ2) is 19.1. The fourth-order valence-electron chi connectivity index (χ4n) is 3.99. The minimum atomic E-state index is -0.794. The summed E-state index contributed by atoms with van der Waals surface area (Å²) in [6.07, 6.45) is 1.69. The van der Waals surface area contributed by atoms with E-state index in [0.717, 1.165) is 18.4 Å². The number of hydrogen-bond acceptors (Lipinski definition) is 7. The molecule has 10 heteroatoms. The van der Waals surface area contributed by atoms with Gasteiger partial charge in [0.25, 0.3) is 0 Å². The Morgan fingerprint density at radius 2 is 1.70 bits per heavy atom. The first kappa shape index (κ1) is 34.9. The van der Waals surface area contributed by atoms with Gasteiger partial charge < -0.3 is 35.7 Å². The Labute approximate surface area is 228 Å². The molecule has 9 nitrogen and oxygen atoms in total. The predicted octanol–water partition coefficient (Wildman–Crippen LogP) is 2.70. The average Bonchev–Trinajstić information content (AvgIpc) is 2.83. The van der Waals surface area contributed by atoms with Gasteiger partial charge in [-0.25, -0.2) is 0 Å². The molecular formula is C27H48ClN3O6. The maximum Gasteiger partial charge on any atom is 0.222 e. The lowest BCUT2D eigenvalue weighted by Crippen LogP contribution is -2.42. The highest BCUT2D eigenvalue weighted by atomic mass is 35.5. The quantitative estimate of drug-likeness (QED) is 0.208. The molecule has 1 aromatic rings. The summed E-state index contributed by atoms with van der Waals surface area (Å²) in [5.41, 5.74) is 7.51. The number of benzene rings is 1. The van der Waals surface area contributed by atoms with Crippen molar-refractivity contribution < 1.29 is 28.9 Å². The Hall–Kier alpha value is -2.07. The molecule has 0 unspecified atom stereocenters. The van der Waals surface area contributed by atoms with E-state index in [-0.39, 0.29) is 42.5 Å². The third-order valence-corrected chi connectivity index (χ3v) is 6.33. The van der Waals surface area contributed by atoms with Crippen molar-refractivity contribution >= 4 is 24.2 Å². The Balaban J connectivity index is 0.0000130. The van der Waals surface area contributed by atoms with E-state index in [9.17, 15) is 14.7 Å². The zero-order valence-electron chi connectivity index (χ0n) is 23.2. The highest BCUT2D eigenvalue weighted by Crippen LogP contribution is 2.31. The van der Waals surface area contributed by atoms with Crippen LogP contribution < -0.4 is 25.8 Å². The number of hydrogen-bond donors (Lipinski definition) is 4. The summed E-state index contributed by atoms with van der Waals surface area (Å²) in [6.45, 7) is 9.40.